The Morgan fingerprint density at radius 2 is 1.90 bits per heavy atom. The predicted octanol–water partition coefficient (Wildman–Crippen LogP) is 3.41. The third-order valence-corrected chi connectivity index (χ3v) is 3.43. The van der Waals surface area contributed by atoms with E-state index in [0.29, 0.717) is 18.1 Å². The molecule has 0 saturated heterocycles. The van der Waals surface area contributed by atoms with Crippen LogP contribution in [0.4, 0.5) is 5.69 Å². The molecule has 21 heavy (non-hydrogen) atoms. The molecule has 0 fully saturated rings. The molecule has 0 atom stereocenters. The van der Waals surface area contributed by atoms with Crippen molar-refractivity contribution in [1.82, 2.24) is 10.1 Å². The first-order valence-electron chi connectivity index (χ1n) is 6.95. The molecule has 2 N–H and O–H groups in total. The number of nitrogens with two attached hydrogens (primary N) is 1. The Balaban J connectivity index is 1.72. The van der Waals surface area contributed by atoms with E-state index in [4.69, 9.17) is 10.3 Å². The van der Waals surface area contributed by atoms with Crippen LogP contribution in [-0.4, -0.2) is 10.1 Å². The molecular formula is C17H17N3O. The van der Waals surface area contributed by atoms with Gasteiger partial charge in [-0.1, -0.05) is 41.6 Å². The highest BCUT2D eigenvalue weighted by atomic mass is 16.5. The first kappa shape index (κ1) is 13.4. The second kappa shape index (κ2) is 5.79. The van der Waals surface area contributed by atoms with Crippen molar-refractivity contribution >= 4 is 5.69 Å². The number of hydrogen-bond acceptors (Lipinski definition) is 4. The van der Waals surface area contributed by atoms with Gasteiger partial charge in [-0.25, -0.2) is 0 Å². The maximum atomic E-state index is 5.77. The maximum absolute atomic E-state index is 5.77. The van der Waals surface area contributed by atoms with Crippen molar-refractivity contribution in [2.24, 2.45) is 0 Å². The zero-order chi connectivity index (χ0) is 14.7. The van der Waals surface area contributed by atoms with Crippen LogP contribution in [0.3, 0.4) is 0 Å². The first-order valence-corrected chi connectivity index (χ1v) is 6.95. The largest absolute Gasteiger partial charge is 0.399 e. The molecule has 0 aliphatic rings. The SMILES string of the molecule is Cc1ccccc1-c1noc(CCc2cccc(N)c2)n1. The zero-order valence-electron chi connectivity index (χ0n) is 11.9. The van der Waals surface area contributed by atoms with E-state index in [2.05, 4.69) is 16.2 Å². The minimum atomic E-state index is 0.649. The minimum absolute atomic E-state index is 0.649. The Morgan fingerprint density at radius 3 is 2.71 bits per heavy atom. The number of hydrogen-bond donors (Lipinski definition) is 1. The standard InChI is InChI=1S/C17H17N3O/c1-12-5-2-3-8-15(12)17-19-16(21-20-17)10-9-13-6-4-7-14(18)11-13/h2-8,11H,9-10,18H2,1H3. The van der Waals surface area contributed by atoms with Gasteiger partial charge >= 0.3 is 0 Å². The summed E-state index contributed by atoms with van der Waals surface area (Å²) in [7, 11) is 0. The maximum Gasteiger partial charge on any atom is 0.227 e. The van der Waals surface area contributed by atoms with Crippen LogP contribution in [0, 0.1) is 6.92 Å². The summed E-state index contributed by atoms with van der Waals surface area (Å²) < 4.78 is 5.33. The van der Waals surface area contributed by atoms with Crippen molar-refractivity contribution in [3.8, 4) is 11.4 Å². The van der Waals surface area contributed by atoms with Crippen LogP contribution in [0.5, 0.6) is 0 Å². The lowest BCUT2D eigenvalue weighted by Crippen LogP contribution is -1.93. The topological polar surface area (TPSA) is 64.9 Å². The van der Waals surface area contributed by atoms with Gasteiger partial charge in [0.1, 0.15) is 0 Å². The molecule has 0 spiro atoms. The van der Waals surface area contributed by atoms with Gasteiger partial charge in [-0.3, -0.25) is 0 Å². The summed E-state index contributed by atoms with van der Waals surface area (Å²) in [6.07, 6.45) is 1.54. The molecule has 0 unspecified atom stereocenters. The fraction of sp³-hybridized carbons (Fsp3) is 0.176. The molecule has 4 heteroatoms. The summed E-state index contributed by atoms with van der Waals surface area (Å²) in [4.78, 5) is 4.47. The first-order chi connectivity index (χ1) is 10.2. The summed E-state index contributed by atoms with van der Waals surface area (Å²) in [5.41, 5.74) is 9.87. The van der Waals surface area contributed by atoms with Crippen LogP contribution in [0.2, 0.25) is 0 Å². The van der Waals surface area contributed by atoms with Gasteiger partial charge in [-0.2, -0.15) is 4.98 Å². The van der Waals surface area contributed by atoms with Crippen molar-refractivity contribution in [2.45, 2.75) is 19.8 Å². The molecule has 0 bridgehead atoms. The van der Waals surface area contributed by atoms with E-state index in [-0.39, 0.29) is 0 Å². The normalized spacial score (nSPS) is 10.7. The number of anilines is 1. The molecule has 1 aromatic heterocycles. The third-order valence-electron chi connectivity index (χ3n) is 3.43. The van der Waals surface area contributed by atoms with E-state index in [1.165, 1.54) is 5.56 Å². The van der Waals surface area contributed by atoms with Gasteiger partial charge < -0.3 is 10.3 Å². The minimum Gasteiger partial charge on any atom is -0.399 e. The third kappa shape index (κ3) is 3.11. The van der Waals surface area contributed by atoms with Gasteiger partial charge in [-0.15, -0.1) is 0 Å². The lowest BCUT2D eigenvalue weighted by atomic mass is 10.1. The van der Waals surface area contributed by atoms with E-state index < -0.39 is 0 Å². The molecule has 2 aromatic carbocycles. The number of benzene rings is 2. The molecule has 3 aromatic rings. The van der Waals surface area contributed by atoms with E-state index in [1.807, 2.05) is 49.4 Å². The van der Waals surface area contributed by atoms with E-state index in [1.54, 1.807) is 0 Å². The lowest BCUT2D eigenvalue weighted by molar-refractivity contribution is 0.379. The molecule has 0 radical (unpaired) electrons. The van der Waals surface area contributed by atoms with Crippen LogP contribution in [-0.2, 0) is 12.8 Å². The van der Waals surface area contributed by atoms with Crippen molar-refractivity contribution < 1.29 is 4.52 Å². The van der Waals surface area contributed by atoms with Crippen LogP contribution in [0.15, 0.2) is 53.1 Å². The van der Waals surface area contributed by atoms with Crippen molar-refractivity contribution in [3.05, 3.63) is 65.5 Å². The molecule has 0 aliphatic heterocycles. The average molecular weight is 279 g/mol. The number of aryl methyl sites for hydroxylation is 3. The van der Waals surface area contributed by atoms with Crippen LogP contribution >= 0.6 is 0 Å². The second-order valence-electron chi connectivity index (χ2n) is 5.07. The molecule has 3 rings (SSSR count). The van der Waals surface area contributed by atoms with Crippen LogP contribution < -0.4 is 5.73 Å². The van der Waals surface area contributed by atoms with Crippen LogP contribution in [0.1, 0.15) is 17.0 Å². The molecule has 0 amide bonds. The van der Waals surface area contributed by atoms with Gasteiger partial charge in [0.15, 0.2) is 0 Å². The van der Waals surface area contributed by atoms with Gasteiger partial charge in [-0.05, 0) is 36.6 Å². The number of nitrogen functional groups attached to an aromatic ring is 1. The summed E-state index contributed by atoms with van der Waals surface area (Å²) in [6, 6.07) is 15.9. The fourth-order valence-corrected chi connectivity index (χ4v) is 2.29. The summed E-state index contributed by atoms with van der Waals surface area (Å²) >= 11 is 0. The van der Waals surface area contributed by atoms with Crippen molar-refractivity contribution in [1.29, 1.82) is 0 Å². The molecule has 106 valence electrons. The Morgan fingerprint density at radius 1 is 1.05 bits per heavy atom. The highest BCUT2D eigenvalue weighted by Gasteiger charge is 2.10. The Kier molecular flexibility index (Phi) is 3.69. The van der Waals surface area contributed by atoms with E-state index in [9.17, 15) is 0 Å². The number of aromatic nitrogens is 2. The highest BCUT2D eigenvalue weighted by molar-refractivity contribution is 5.58. The molecule has 0 aliphatic carbocycles. The summed E-state index contributed by atoms with van der Waals surface area (Å²) in [6.45, 7) is 2.04. The molecule has 4 nitrogen and oxygen atoms in total. The summed E-state index contributed by atoms with van der Waals surface area (Å²) in [5.74, 6) is 1.30. The fourth-order valence-electron chi connectivity index (χ4n) is 2.29. The zero-order valence-corrected chi connectivity index (χ0v) is 11.9. The monoisotopic (exact) mass is 279 g/mol. The quantitative estimate of drug-likeness (QED) is 0.743. The molecule has 1 heterocycles. The molecule has 0 saturated carbocycles. The Bertz CT molecular complexity index is 749. The lowest BCUT2D eigenvalue weighted by Gasteiger charge is -1.99. The molecular weight excluding hydrogens is 262 g/mol. The van der Waals surface area contributed by atoms with E-state index in [0.717, 1.165) is 23.2 Å². The summed E-state index contributed by atoms with van der Waals surface area (Å²) in [5, 5.41) is 4.07. The second-order valence-corrected chi connectivity index (χ2v) is 5.07. The van der Waals surface area contributed by atoms with Gasteiger partial charge in [0.25, 0.3) is 0 Å². The van der Waals surface area contributed by atoms with Gasteiger partial charge in [0, 0.05) is 17.7 Å². The number of nitrogens with zero attached hydrogens (tertiary/aromatic N) is 2. The Labute approximate surface area is 123 Å². The van der Waals surface area contributed by atoms with Gasteiger partial charge in [0.05, 0.1) is 0 Å². The Hall–Kier alpha value is -2.62. The van der Waals surface area contributed by atoms with Gasteiger partial charge in [0.2, 0.25) is 11.7 Å². The van der Waals surface area contributed by atoms with Crippen LogP contribution in [0.25, 0.3) is 11.4 Å². The predicted molar refractivity (Wildman–Crippen MR) is 82.7 cm³/mol. The smallest absolute Gasteiger partial charge is 0.227 e. The average Bonchev–Trinajstić information content (AvgIpc) is 2.94. The van der Waals surface area contributed by atoms with Crippen molar-refractivity contribution in [3.63, 3.8) is 0 Å². The number of rotatable bonds is 4. The van der Waals surface area contributed by atoms with E-state index >= 15 is 0 Å². The van der Waals surface area contributed by atoms with Crippen molar-refractivity contribution in [2.75, 3.05) is 5.73 Å². The highest BCUT2D eigenvalue weighted by Crippen LogP contribution is 2.20.